The summed E-state index contributed by atoms with van der Waals surface area (Å²) in [5.41, 5.74) is 7.58. The molecular weight excluding hydrogens is 598 g/mol. The minimum atomic E-state index is -1.23. The summed E-state index contributed by atoms with van der Waals surface area (Å²) in [4.78, 5) is 30.5. The Hall–Kier alpha value is -6.28. The number of nitrogens with zero attached hydrogens (tertiary/aromatic N) is 3. The topological polar surface area (TPSA) is 149 Å². The number of fused-ring (bicyclic) bond motifs is 1. The average molecular weight is 632 g/mol. The minimum absolute atomic E-state index is 0.120. The minimum Gasteiger partial charge on any atom is -0.495 e. The number of aromatic nitrogens is 1. The number of pyridine rings is 1. The molecule has 5 rings (SSSR count). The number of carbonyl (C=O) groups excluding carboxylic acids is 2. The van der Waals surface area contributed by atoms with Gasteiger partial charge in [-0.25, -0.2) is 4.79 Å². The first-order valence-electron chi connectivity index (χ1n) is 14.6. The van der Waals surface area contributed by atoms with Crippen LogP contribution in [0.3, 0.4) is 0 Å². The lowest BCUT2D eigenvalue weighted by Gasteiger charge is -2.24. The van der Waals surface area contributed by atoms with Crippen LogP contribution in [0.5, 0.6) is 23.0 Å². The van der Waals surface area contributed by atoms with Crippen molar-refractivity contribution in [2.45, 2.75) is 26.1 Å². The summed E-state index contributed by atoms with van der Waals surface area (Å²) in [6.07, 6.45) is 0.906. The van der Waals surface area contributed by atoms with Gasteiger partial charge in [0.2, 0.25) is 0 Å². The number of methoxy groups -OCH3 is 1. The van der Waals surface area contributed by atoms with E-state index in [0.717, 1.165) is 5.56 Å². The lowest BCUT2D eigenvalue weighted by molar-refractivity contribution is -0.130. The second-order valence-corrected chi connectivity index (χ2v) is 11.0. The third-order valence-electron chi connectivity index (χ3n) is 7.29. The number of anilines is 3. The summed E-state index contributed by atoms with van der Waals surface area (Å²) in [5.74, 6) is 1.07. The highest BCUT2D eigenvalue weighted by Crippen LogP contribution is 2.38. The third-order valence-corrected chi connectivity index (χ3v) is 7.29. The van der Waals surface area contributed by atoms with Crippen LogP contribution in [0.15, 0.2) is 97.2 Å². The van der Waals surface area contributed by atoms with Gasteiger partial charge >= 0.3 is 6.09 Å². The molecule has 0 saturated carbocycles. The number of amides is 2. The third kappa shape index (κ3) is 7.34. The molecule has 0 aliphatic heterocycles. The van der Waals surface area contributed by atoms with Gasteiger partial charge in [0.15, 0.2) is 17.1 Å². The van der Waals surface area contributed by atoms with Crippen LogP contribution in [0, 0.1) is 11.3 Å². The first-order valence-corrected chi connectivity index (χ1v) is 14.6. The summed E-state index contributed by atoms with van der Waals surface area (Å²) in [6.45, 7) is 3.29. The maximum atomic E-state index is 12.9. The van der Waals surface area contributed by atoms with Crippen molar-refractivity contribution in [3.05, 3.63) is 108 Å². The van der Waals surface area contributed by atoms with Crippen LogP contribution in [0.4, 0.5) is 21.9 Å². The van der Waals surface area contributed by atoms with E-state index >= 15 is 0 Å². The lowest BCUT2D eigenvalue weighted by atomic mass is 10.1. The van der Waals surface area contributed by atoms with Crippen molar-refractivity contribution in [2.75, 3.05) is 24.4 Å². The van der Waals surface area contributed by atoms with Crippen molar-refractivity contribution >= 4 is 40.0 Å². The standard InChI is InChI=1S/C36H33N5O6/c1-36(2,34(38)42)47-31-13-9-8-12-30(31)46-26-16-14-25(15-17-26)40-33-24(20-37)21-39-28-19-29(32(44-4)18-27(28)33)41(3)35(43)45-22-23-10-6-5-7-11-23/h5-19,21H,22H2,1-4H3,(H2,38,42)(H,39,40). The first-order chi connectivity index (χ1) is 22.6. The molecule has 0 aliphatic carbocycles. The monoisotopic (exact) mass is 631 g/mol. The molecule has 4 aromatic carbocycles. The average Bonchev–Trinajstić information content (AvgIpc) is 3.08. The maximum absolute atomic E-state index is 12.9. The number of rotatable bonds is 11. The zero-order valence-corrected chi connectivity index (χ0v) is 26.3. The number of benzene rings is 4. The van der Waals surface area contributed by atoms with Crippen LogP contribution in [0.1, 0.15) is 25.0 Å². The maximum Gasteiger partial charge on any atom is 0.414 e. The predicted octanol–water partition coefficient (Wildman–Crippen LogP) is 7.07. The van der Waals surface area contributed by atoms with Crippen molar-refractivity contribution in [3.8, 4) is 29.1 Å². The van der Waals surface area contributed by atoms with E-state index in [1.807, 2.05) is 30.3 Å². The molecule has 11 nitrogen and oxygen atoms in total. The number of nitrogens with one attached hydrogen (secondary N) is 1. The molecular formula is C36H33N5O6. The normalized spacial score (nSPS) is 10.9. The number of hydrogen-bond donors (Lipinski definition) is 2. The molecule has 11 heteroatoms. The lowest BCUT2D eigenvalue weighted by Crippen LogP contribution is -2.43. The predicted molar refractivity (Wildman–Crippen MR) is 178 cm³/mol. The molecule has 0 aliphatic rings. The molecule has 0 bridgehead atoms. The second-order valence-electron chi connectivity index (χ2n) is 11.0. The molecule has 3 N–H and O–H groups in total. The van der Waals surface area contributed by atoms with Gasteiger partial charge in [-0.05, 0) is 67.9 Å². The molecule has 2 amide bonds. The Morgan fingerprint density at radius 1 is 0.957 bits per heavy atom. The molecule has 47 heavy (non-hydrogen) atoms. The Morgan fingerprint density at radius 3 is 2.30 bits per heavy atom. The fourth-order valence-electron chi connectivity index (χ4n) is 4.59. The Labute approximate surface area is 272 Å². The van der Waals surface area contributed by atoms with Crippen LogP contribution in [0.2, 0.25) is 0 Å². The largest absolute Gasteiger partial charge is 0.495 e. The van der Waals surface area contributed by atoms with Crippen LogP contribution in [-0.4, -0.2) is 36.7 Å². The molecule has 0 unspecified atom stereocenters. The van der Waals surface area contributed by atoms with E-state index in [1.54, 1.807) is 81.6 Å². The zero-order chi connectivity index (χ0) is 33.6. The highest BCUT2D eigenvalue weighted by molar-refractivity contribution is 6.01. The van der Waals surface area contributed by atoms with Gasteiger partial charge in [-0.2, -0.15) is 5.26 Å². The van der Waals surface area contributed by atoms with Crippen LogP contribution in [-0.2, 0) is 16.1 Å². The Bertz CT molecular complexity index is 1960. The number of nitrogens with two attached hydrogens (primary N) is 1. The highest BCUT2D eigenvalue weighted by Gasteiger charge is 2.28. The van der Waals surface area contributed by atoms with E-state index in [4.69, 9.17) is 24.7 Å². The van der Waals surface area contributed by atoms with E-state index in [9.17, 15) is 14.9 Å². The molecule has 0 fully saturated rings. The quantitative estimate of drug-likeness (QED) is 0.156. The number of para-hydroxylation sites is 2. The van der Waals surface area contributed by atoms with Gasteiger partial charge in [0.05, 0.1) is 29.6 Å². The van der Waals surface area contributed by atoms with Crippen LogP contribution >= 0.6 is 0 Å². The van der Waals surface area contributed by atoms with Crippen LogP contribution < -0.4 is 30.2 Å². The van der Waals surface area contributed by atoms with E-state index in [2.05, 4.69) is 16.4 Å². The van der Waals surface area contributed by atoms with E-state index in [1.165, 1.54) is 18.2 Å². The van der Waals surface area contributed by atoms with Crippen molar-refractivity contribution < 1.29 is 28.5 Å². The first kappa shape index (κ1) is 32.1. The van der Waals surface area contributed by atoms with Crippen molar-refractivity contribution in [3.63, 3.8) is 0 Å². The van der Waals surface area contributed by atoms with Gasteiger partial charge in [-0.3, -0.25) is 14.7 Å². The smallest absolute Gasteiger partial charge is 0.414 e. The van der Waals surface area contributed by atoms with Gasteiger partial charge in [0, 0.05) is 24.3 Å². The Morgan fingerprint density at radius 2 is 1.64 bits per heavy atom. The van der Waals surface area contributed by atoms with Gasteiger partial charge in [0.25, 0.3) is 5.91 Å². The molecule has 1 aromatic heterocycles. The van der Waals surface area contributed by atoms with E-state index in [0.29, 0.717) is 56.5 Å². The highest BCUT2D eigenvalue weighted by atomic mass is 16.6. The molecule has 238 valence electrons. The summed E-state index contributed by atoms with van der Waals surface area (Å²) in [6, 6.07) is 29.1. The molecule has 0 saturated heterocycles. The Balaban J connectivity index is 1.38. The van der Waals surface area contributed by atoms with Crippen LogP contribution in [0.25, 0.3) is 10.9 Å². The number of ether oxygens (including phenoxy) is 4. The van der Waals surface area contributed by atoms with Gasteiger partial charge < -0.3 is 30.0 Å². The fourth-order valence-corrected chi connectivity index (χ4v) is 4.59. The molecule has 0 radical (unpaired) electrons. The fraction of sp³-hybridized carbons (Fsp3) is 0.167. The van der Waals surface area contributed by atoms with Crippen molar-refractivity contribution in [1.29, 1.82) is 5.26 Å². The number of hydrogen-bond acceptors (Lipinski definition) is 9. The molecule has 0 atom stereocenters. The number of nitriles is 1. The van der Waals surface area contributed by atoms with Gasteiger partial charge in [-0.15, -0.1) is 0 Å². The second kappa shape index (κ2) is 13.8. The molecule has 1 heterocycles. The van der Waals surface area contributed by atoms with Crippen molar-refractivity contribution in [2.24, 2.45) is 5.73 Å². The molecule has 5 aromatic rings. The van der Waals surface area contributed by atoms with Gasteiger partial charge in [-0.1, -0.05) is 42.5 Å². The molecule has 0 spiro atoms. The number of carbonyl (C=O) groups is 2. The van der Waals surface area contributed by atoms with E-state index in [-0.39, 0.29) is 6.61 Å². The summed E-state index contributed by atoms with van der Waals surface area (Å²) >= 11 is 0. The number of primary amides is 1. The Kier molecular flexibility index (Phi) is 9.42. The van der Waals surface area contributed by atoms with Gasteiger partial charge in [0.1, 0.15) is 24.2 Å². The SMILES string of the molecule is COc1cc2c(Nc3ccc(Oc4ccccc4OC(C)(C)C(N)=O)cc3)c(C#N)cnc2cc1N(C)C(=O)OCc1ccccc1. The summed E-state index contributed by atoms with van der Waals surface area (Å²) in [5, 5.41) is 13.8. The zero-order valence-electron chi connectivity index (χ0n) is 26.3. The summed E-state index contributed by atoms with van der Waals surface area (Å²) in [7, 11) is 3.09. The van der Waals surface area contributed by atoms with E-state index < -0.39 is 17.6 Å². The van der Waals surface area contributed by atoms with Crippen molar-refractivity contribution in [1.82, 2.24) is 4.98 Å². The summed E-state index contributed by atoms with van der Waals surface area (Å²) < 4.78 is 23.0.